The summed E-state index contributed by atoms with van der Waals surface area (Å²) >= 11 is 0. The third-order valence-corrected chi connectivity index (χ3v) is 3.76. The molecule has 0 saturated heterocycles. The van der Waals surface area contributed by atoms with Crippen molar-refractivity contribution in [1.82, 2.24) is 9.97 Å². The Morgan fingerprint density at radius 1 is 1.25 bits per heavy atom. The molecule has 112 valence electrons. The zero-order valence-corrected chi connectivity index (χ0v) is 12.7. The Morgan fingerprint density at radius 3 is 2.65 bits per heavy atom. The van der Waals surface area contributed by atoms with E-state index in [-0.39, 0.29) is 6.10 Å². The van der Waals surface area contributed by atoms with E-state index in [0.717, 1.165) is 31.7 Å². The monoisotopic (exact) mass is 279 g/mol. The predicted molar refractivity (Wildman–Crippen MR) is 79.4 cm³/mol. The van der Waals surface area contributed by atoms with E-state index in [1.165, 1.54) is 19.2 Å². The van der Waals surface area contributed by atoms with Gasteiger partial charge in [-0.05, 0) is 38.0 Å². The number of nitrogens with zero attached hydrogens (tertiary/aromatic N) is 2. The van der Waals surface area contributed by atoms with Crippen LogP contribution >= 0.6 is 0 Å². The fourth-order valence-corrected chi connectivity index (χ4v) is 2.50. The molecular formula is C15H25N3O2. The number of methoxy groups -OCH3 is 1. The molecule has 5 heteroatoms. The third kappa shape index (κ3) is 3.74. The summed E-state index contributed by atoms with van der Waals surface area (Å²) in [6.07, 6.45) is 7.43. The molecule has 0 atom stereocenters. The minimum atomic E-state index is 0.244. The minimum Gasteiger partial charge on any atom is -0.489 e. The number of ether oxygens (including phenoxy) is 2. The first-order valence-electron chi connectivity index (χ1n) is 7.54. The number of rotatable bonds is 6. The molecule has 1 heterocycles. The summed E-state index contributed by atoms with van der Waals surface area (Å²) in [6.45, 7) is 5.27. The van der Waals surface area contributed by atoms with Gasteiger partial charge in [0.05, 0.1) is 7.11 Å². The number of aromatic nitrogens is 2. The van der Waals surface area contributed by atoms with E-state index < -0.39 is 0 Å². The van der Waals surface area contributed by atoms with Crippen LogP contribution in [0.15, 0.2) is 6.33 Å². The second-order valence-corrected chi connectivity index (χ2v) is 5.49. The summed E-state index contributed by atoms with van der Waals surface area (Å²) in [7, 11) is 1.63. The number of hydrogen-bond donors (Lipinski definition) is 1. The van der Waals surface area contributed by atoms with Crippen molar-refractivity contribution < 1.29 is 9.47 Å². The molecule has 0 radical (unpaired) electrons. The van der Waals surface area contributed by atoms with Gasteiger partial charge in [0.25, 0.3) is 5.88 Å². The first-order chi connectivity index (χ1) is 9.74. The molecule has 0 aromatic carbocycles. The Morgan fingerprint density at radius 2 is 2.00 bits per heavy atom. The van der Waals surface area contributed by atoms with Gasteiger partial charge in [-0.2, -0.15) is 4.98 Å². The molecule has 1 saturated carbocycles. The van der Waals surface area contributed by atoms with Crippen LogP contribution in [0.1, 0.15) is 46.0 Å². The van der Waals surface area contributed by atoms with E-state index in [1.54, 1.807) is 7.11 Å². The fraction of sp³-hybridized carbons (Fsp3) is 0.733. The van der Waals surface area contributed by atoms with Crippen LogP contribution in [-0.2, 0) is 0 Å². The van der Waals surface area contributed by atoms with Gasteiger partial charge in [-0.25, -0.2) is 4.98 Å². The molecular weight excluding hydrogens is 254 g/mol. The van der Waals surface area contributed by atoms with Gasteiger partial charge in [0.1, 0.15) is 12.4 Å². The first-order valence-corrected chi connectivity index (χ1v) is 7.54. The molecule has 1 aromatic heterocycles. The fourth-order valence-electron chi connectivity index (χ4n) is 2.50. The molecule has 20 heavy (non-hydrogen) atoms. The molecule has 1 fully saturated rings. The van der Waals surface area contributed by atoms with Gasteiger partial charge in [0.2, 0.25) is 5.75 Å². The minimum absolute atomic E-state index is 0.244. The molecule has 2 rings (SSSR count). The van der Waals surface area contributed by atoms with E-state index in [0.29, 0.717) is 17.4 Å². The second-order valence-electron chi connectivity index (χ2n) is 5.49. The third-order valence-electron chi connectivity index (χ3n) is 3.76. The SMILES string of the molecule is CCCNc1ncnc(OC2CCC(C)CC2)c1OC. The molecule has 0 amide bonds. The molecule has 1 aliphatic carbocycles. The second kappa shape index (κ2) is 7.31. The Balaban J connectivity index is 2.06. The van der Waals surface area contributed by atoms with Crippen molar-refractivity contribution in [3.05, 3.63) is 6.33 Å². The lowest BCUT2D eigenvalue weighted by Gasteiger charge is -2.27. The van der Waals surface area contributed by atoms with Crippen LogP contribution in [0.2, 0.25) is 0 Å². The number of anilines is 1. The van der Waals surface area contributed by atoms with E-state index >= 15 is 0 Å². The van der Waals surface area contributed by atoms with Crippen molar-refractivity contribution in [2.75, 3.05) is 19.0 Å². The molecule has 1 aromatic rings. The highest BCUT2D eigenvalue weighted by Gasteiger charge is 2.22. The van der Waals surface area contributed by atoms with Crippen molar-refractivity contribution in [1.29, 1.82) is 0 Å². The maximum Gasteiger partial charge on any atom is 0.262 e. The maximum absolute atomic E-state index is 6.03. The van der Waals surface area contributed by atoms with Crippen LogP contribution in [0.4, 0.5) is 5.82 Å². The van der Waals surface area contributed by atoms with Crippen molar-refractivity contribution in [3.8, 4) is 11.6 Å². The van der Waals surface area contributed by atoms with E-state index in [4.69, 9.17) is 9.47 Å². The van der Waals surface area contributed by atoms with E-state index in [2.05, 4.69) is 29.1 Å². The van der Waals surface area contributed by atoms with E-state index in [1.807, 2.05) is 0 Å². The standard InChI is InChI=1S/C15H25N3O2/c1-4-9-16-14-13(19-3)15(18-10-17-14)20-12-7-5-11(2)6-8-12/h10-12H,4-9H2,1-3H3,(H,16,17,18). The highest BCUT2D eigenvalue weighted by atomic mass is 16.5. The van der Waals surface area contributed by atoms with Crippen molar-refractivity contribution in [3.63, 3.8) is 0 Å². The highest BCUT2D eigenvalue weighted by Crippen LogP contribution is 2.34. The largest absolute Gasteiger partial charge is 0.489 e. The van der Waals surface area contributed by atoms with Gasteiger partial charge in [0.15, 0.2) is 5.82 Å². The summed E-state index contributed by atoms with van der Waals surface area (Å²) in [5.74, 6) is 2.69. The van der Waals surface area contributed by atoms with Crippen LogP contribution < -0.4 is 14.8 Å². The lowest BCUT2D eigenvalue weighted by atomic mass is 9.89. The lowest BCUT2D eigenvalue weighted by molar-refractivity contribution is 0.125. The molecule has 0 aliphatic heterocycles. The summed E-state index contributed by atoms with van der Waals surface area (Å²) < 4.78 is 11.5. The zero-order valence-electron chi connectivity index (χ0n) is 12.7. The Bertz CT molecular complexity index is 418. The van der Waals surface area contributed by atoms with Gasteiger partial charge in [0, 0.05) is 6.54 Å². The maximum atomic E-state index is 6.03. The molecule has 1 N–H and O–H groups in total. The zero-order chi connectivity index (χ0) is 14.4. The Kier molecular flexibility index (Phi) is 5.44. The predicted octanol–water partition coefficient (Wildman–Crippen LogP) is 3.26. The number of hydrogen-bond acceptors (Lipinski definition) is 5. The normalized spacial score (nSPS) is 22.4. The molecule has 0 bridgehead atoms. The topological polar surface area (TPSA) is 56.3 Å². The summed E-state index contributed by atoms with van der Waals surface area (Å²) in [6, 6.07) is 0. The van der Waals surface area contributed by atoms with Crippen LogP contribution in [0.5, 0.6) is 11.6 Å². The summed E-state index contributed by atoms with van der Waals surface area (Å²) in [5, 5.41) is 3.24. The van der Waals surface area contributed by atoms with Gasteiger partial charge in [-0.1, -0.05) is 13.8 Å². The van der Waals surface area contributed by atoms with Crippen molar-refractivity contribution in [2.24, 2.45) is 5.92 Å². The van der Waals surface area contributed by atoms with Crippen LogP contribution in [0, 0.1) is 5.92 Å². The van der Waals surface area contributed by atoms with Crippen molar-refractivity contribution >= 4 is 5.82 Å². The summed E-state index contributed by atoms with van der Waals surface area (Å²) in [4.78, 5) is 8.46. The first kappa shape index (κ1) is 14.9. The van der Waals surface area contributed by atoms with E-state index in [9.17, 15) is 0 Å². The Hall–Kier alpha value is -1.52. The average molecular weight is 279 g/mol. The van der Waals surface area contributed by atoms with Gasteiger partial charge < -0.3 is 14.8 Å². The van der Waals surface area contributed by atoms with Crippen LogP contribution in [0.3, 0.4) is 0 Å². The van der Waals surface area contributed by atoms with Crippen LogP contribution in [0.25, 0.3) is 0 Å². The van der Waals surface area contributed by atoms with Gasteiger partial charge >= 0.3 is 0 Å². The molecule has 1 aliphatic rings. The quantitative estimate of drug-likeness (QED) is 0.866. The average Bonchev–Trinajstić information content (AvgIpc) is 2.47. The number of nitrogens with one attached hydrogen (secondary N) is 1. The van der Waals surface area contributed by atoms with Gasteiger partial charge in [-0.3, -0.25) is 0 Å². The lowest BCUT2D eigenvalue weighted by Crippen LogP contribution is -2.23. The van der Waals surface area contributed by atoms with Crippen molar-refractivity contribution in [2.45, 2.75) is 52.1 Å². The smallest absolute Gasteiger partial charge is 0.262 e. The Labute approximate surface area is 121 Å². The molecule has 0 spiro atoms. The van der Waals surface area contributed by atoms with Crippen LogP contribution in [-0.4, -0.2) is 29.7 Å². The molecule has 0 unspecified atom stereocenters. The van der Waals surface area contributed by atoms with Gasteiger partial charge in [-0.15, -0.1) is 0 Å². The highest BCUT2D eigenvalue weighted by molar-refractivity contribution is 5.55. The molecule has 5 nitrogen and oxygen atoms in total. The summed E-state index contributed by atoms with van der Waals surface area (Å²) in [5.41, 5.74) is 0.